The van der Waals surface area contributed by atoms with Gasteiger partial charge in [0.2, 0.25) is 0 Å². The molecule has 4 nitrogen and oxygen atoms in total. The predicted octanol–water partition coefficient (Wildman–Crippen LogP) is 4.57. The average molecular weight is 425 g/mol. The SMILES string of the molecule is CCCCCCCCSC(SCCCCCCCC)[C@@H](O)[C@@H](O)[C@H](O)CO. The molecule has 0 aliphatic rings. The summed E-state index contributed by atoms with van der Waals surface area (Å²) in [7, 11) is 0. The molecule has 0 aromatic rings. The van der Waals surface area contributed by atoms with Crippen LogP contribution in [-0.2, 0) is 0 Å². The number of hydrogen-bond donors (Lipinski definition) is 4. The smallest absolute Gasteiger partial charge is 0.110 e. The van der Waals surface area contributed by atoms with Gasteiger partial charge in [0.1, 0.15) is 18.3 Å². The highest BCUT2D eigenvalue weighted by Crippen LogP contribution is 2.31. The van der Waals surface area contributed by atoms with Crippen LogP contribution in [0.2, 0.25) is 0 Å². The van der Waals surface area contributed by atoms with Crippen molar-refractivity contribution in [2.75, 3.05) is 18.1 Å². The van der Waals surface area contributed by atoms with E-state index in [1.54, 1.807) is 23.5 Å². The summed E-state index contributed by atoms with van der Waals surface area (Å²) >= 11 is 3.36. The fourth-order valence-electron chi connectivity index (χ4n) is 2.91. The summed E-state index contributed by atoms with van der Waals surface area (Å²) in [4.78, 5) is 0. The summed E-state index contributed by atoms with van der Waals surface area (Å²) in [6.07, 6.45) is 11.3. The van der Waals surface area contributed by atoms with Gasteiger partial charge in [-0.2, -0.15) is 0 Å². The van der Waals surface area contributed by atoms with Gasteiger partial charge in [-0.1, -0.05) is 78.1 Å². The van der Waals surface area contributed by atoms with Gasteiger partial charge in [-0.3, -0.25) is 0 Å². The Balaban J connectivity index is 4.20. The maximum Gasteiger partial charge on any atom is 0.110 e. The topological polar surface area (TPSA) is 80.9 Å². The van der Waals surface area contributed by atoms with Crippen molar-refractivity contribution in [3.05, 3.63) is 0 Å². The van der Waals surface area contributed by atoms with Crippen LogP contribution in [0, 0.1) is 0 Å². The van der Waals surface area contributed by atoms with Crippen molar-refractivity contribution in [2.45, 2.75) is 114 Å². The minimum Gasteiger partial charge on any atom is -0.394 e. The zero-order valence-electron chi connectivity index (χ0n) is 17.5. The highest BCUT2D eigenvalue weighted by atomic mass is 32.2. The number of aliphatic hydroxyl groups is 4. The molecule has 0 heterocycles. The van der Waals surface area contributed by atoms with E-state index in [1.807, 2.05) is 0 Å². The molecule has 27 heavy (non-hydrogen) atoms. The standard InChI is InChI=1S/C21H44O4S2/c1-3-5-7-9-11-13-15-26-21(20(25)19(24)18(23)17-22)27-16-14-12-10-8-6-4-2/h18-25H,3-17H2,1-2H3/t18-,19+,20+/m1/s1. The predicted molar refractivity (Wildman–Crippen MR) is 121 cm³/mol. The molecule has 0 radical (unpaired) electrons. The molecule has 0 saturated heterocycles. The number of hydrogen-bond acceptors (Lipinski definition) is 6. The molecule has 0 bridgehead atoms. The Kier molecular flexibility index (Phi) is 20.2. The molecule has 164 valence electrons. The first-order valence-corrected chi connectivity index (χ1v) is 13.1. The summed E-state index contributed by atoms with van der Waals surface area (Å²) in [5.41, 5.74) is 0. The highest BCUT2D eigenvalue weighted by molar-refractivity contribution is 8.17. The Morgan fingerprint density at radius 1 is 0.593 bits per heavy atom. The van der Waals surface area contributed by atoms with Crippen molar-refractivity contribution in [1.82, 2.24) is 0 Å². The summed E-state index contributed by atoms with van der Waals surface area (Å²) < 4.78 is -0.160. The zero-order chi connectivity index (χ0) is 20.3. The first-order valence-electron chi connectivity index (χ1n) is 11.0. The van der Waals surface area contributed by atoms with Crippen LogP contribution in [0.1, 0.15) is 90.9 Å². The minimum atomic E-state index is -1.30. The molecule has 0 saturated carbocycles. The van der Waals surface area contributed by atoms with Crippen molar-refractivity contribution < 1.29 is 20.4 Å². The van der Waals surface area contributed by atoms with Crippen molar-refractivity contribution in [3.63, 3.8) is 0 Å². The lowest BCUT2D eigenvalue weighted by atomic mass is 10.1. The van der Waals surface area contributed by atoms with Crippen LogP contribution in [0.5, 0.6) is 0 Å². The van der Waals surface area contributed by atoms with Crippen LogP contribution in [0.4, 0.5) is 0 Å². The Hall–Kier alpha value is 0.540. The van der Waals surface area contributed by atoms with E-state index in [0.717, 1.165) is 24.3 Å². The molecule has 0 aliphatic carbocycles. The summed E-state index contributed by atoms with van der Waals surface area (Å²) in [6, 6.07) is 0. The maximum absolute atomic E-state index is 10.5. The van der Waals surface area contributed by atoms with Gasteiger partial charge in [0.05, 0.1) is 11.2 Å². The molecule has 0 rings (SSSR count). The number of aliphatic hydroxyl groups excluding tert-OH is 4. The zero-order valence-corrected chi connectivity index (χ0v) is 19.2. The van der Waals surface area contributed by atoms with E-state index in [1.165, 1.54) is 64.2 Å². The van der Waals surface area contributed by atoms with Crippen LogP contribution >= 0.6 is 23.5 Å². The van der Waals surface area contributed by atoms with Gasteiger partial charge in [0, 0.05) is 0 Å². The summed E-state index contributed by atoms with van der Waals surface area (Å²) in [5, 5.41) is 39.2. The number of unbranched alkanes of at least 4 members (excludes halogenated alkanes) is 10. The van der Waals surface area contributed by atoms with Crippen LogP contribution in [0.25, 0.3) is 0 Å². The van der Waals surface area contributed by atoms with E-state index in [-0.39, 0.29) is 4.58 Å². The van der Waals surface area contributed by atoms with Crippen LogP contribution in [-0.4, -0.2) is 61.4 Å². The fourth-order valence-corrected chi connectivity index (χ4v) is 5.79. The molecule has 0 unspecified atom stereocenters. The van der Waals surface area contributed by atoms with Crippen LogP contribution in [0.15, 0.2) is 0 Å². The maximum atomic E-state index is 10.5. The molecular weight excluding hydrogens is 380 g/mol. The first kappa shape index (κ1) is 27.5. The van der Waals surface area contributed by atoms with Crippen LogP contribution in [0.3, 0.4) is 0 Å². The molecule has 3 atom stereocenters. The minimum absolute atomic E-state index is 0.160. The van der Waals surface area contributed by atoms with E-state index < -0.39 is 24.9 Å². The Labute approximate surface area is 175 Å². The van der Waals surface area contributed by atoms with Gasteiger partial charge in [0.25, 0.3) is 0 Å². The van der Waals surface area contributed by atoms with Crippen molar-refractivity contribution in [1.29, 1.82) is 0 Å². The molecule has 4 N–H and O–H groups in total. The lowest BCUT2D eigenvalue weighted by Gasteiger charge is -2.28. The first-order chi connectivity index (χ1) is 13.1. The molecule has 0 aromatic carbocycles. The van der Waals surface area contributed by atoms with Crippen molar-refractivity contribution >= 4 is 23.5 Å². The lowest BCUT2D eigenvalue weighted by molar-refractivity contribution is -0.0706. The second-order valence-electron chi connectivity index (χ2n) is 7.38. The normalized spacial score (nSPS) is 15.2. The molecular formula is C21H44O4S2. The third kappa shape index (κ3) is 15.1. The third-order valence-corrected chi connectivity index (χ3v) is 7.85. The van der Waals surface area contributed by atoms with E-state index in [2.05, 4.69) is 13.8 Å². The fraction of sp³-hybridized carbons (Fsp3) is 1.00. The summed E-state index contributed by atoms with van der Waals surface area (Å²) in [5.74, 6) is 1.92. The van der Waals surface area contributed by atoms with E-state index in [0.29, 0.717) is 0 Å². The quantitative estimate of drug-likeness (QED) is 0.169. The largest absolute Gasteiger partial charge is 0.394 e. The molecule has 0 aliphatic heterocycles. The van der Waals surface area contributed by atoms with Gasteiger partial charge in [0.15, 0.2) is 0 Å². The van der Waals surface area contributed by atoms with Crippen LogP contribution < -0.4 is 0 Å². The Morgan fingerprint density at radius 3 is 1.41 bits per heavy atom. The van der Waals surface area contributed by atoms with Gasteiger partial charge < -0.3 is 20.4 Å². The molecule has 0 aromatic heterocycles. The molecule has 6 heteroatoms. The molecule has 0 amide bonds. The average Bonchev–Trinajstić information content (AvgIpc) is 2.69. The Bertz CT molecular complexity index is 290. The van der Waals surface area contributed by atoms with Gasteiger partial charge in [-0.05, 0) is 24.3 Å². The lowest BCUT2D eigenvalue weighted by Crippen LogP contribution is -2.44. The highest BCUT2D eigenvalue weighted by Gasteiger charge is 2.31. The second kappa shape index (κ2) is 19.8. The van der Waals surface area contributed by atoms with Gasteiger partial charge >= 0.3 is 0 Å². The molecule has 0 fully saturated rings. The van der Waals surface area contributed by atoms with E-state index in [4.69, 9.17) is 5.11 Å². The number of thioether (sulfide) groups is 2. The third-order valence-electron chi connectivity index (χ3n) is 4.77. The van der Waals surface area contributed by atoms with Gasteiger partial charge in [-0.25, -0.2) is 0 Å². The van der Waals surface area contributed by atoms with Gasteiger partial charge in [-0.15, -0.1) is 23.5 Å². The number of rotatable bonds is 20. The molecule has 0 spiro atoms. The van der Waals surface area contributed by atoms with Crippen molar-refractivity contribution in [3.8, 4) is 0 Å². The second-order valence-corrected chi connectivity index (χ2v) is 10.2. The summed E-state index contributed by atoms with van der Waals surface area (Å²) in [6.45, 7) is 3.90. The van der Waals surface area contributed by atoms with E-state index in [9.17, 15) is 15.3 Å². The van der Waals surface area contributed by atoms with E-state index >= 15 is 0 Å². The van der Waals surface area contributed by atoms with Crippen molar-refractivity contribution in [2.24, 2.45) is 0 Å². The monoisotopic (exact) mass is 424 g/mol. The Morgan fingerprint density at radius 2 is 1.00 bits per heavy atom.